The molecule has 0 bridgehead atoms. The van der Waals surface area contributed by atoms with Gasteiger partial charge < -0.3 is 4.42 Å². The topological polar surface area (TPSA) is 56.2 Å². The van der Waals surface area contributed by atoms with Crippen LogP contribution in [-0.4, -0.2) is 19.8 Å². The van der Waals surface area contributed by atoms with Crippen molar-refractivity contribution < 1.29 is 8.81 Å². The van der Waals surface area contributed by atoms with Crippen molar-refractivity contribution in [3.63, 3.8) is 0 Å². The normalized spacial score (nSPS) is 11.2. The Balaban J connectivity index is 1.85. The first-order chi connectivity index (χ1) is 9.81. The predicted octanol–water partition coefficient (Wildman–Crippen LogP) is 3.25. The first kappa shape index (κ1) is 11.3. The number of halogens is 1. The highest BCUT2D eigenvalue weighted by molar-refractivity contribution is 7.19. The number of hydrogen-bond acceptors (Lipinski definition) is 5. The second kappa shape index (κ2) is 4.24. The Labute approximate surface area is 116 Å². The predicted molar refractivity (Wildman–Crippen MR) is 71.8 cm³/mol. The minimum atomic E-state index is -0.270. The highest BCUT2D eigenvalue weighted by Crippen LogP contribution is 2.28. The molecule has 98 valence electrons. The van der Waals surface area contributed by atoms with Gasteiger partial charge in [-0.15, -0.1) is 10.2 Å². The molecule has 4 aromatic rings. The molecular formula is C13H7FN4OS. The fourth-order valence-electron chi connectivity index (χ4n) is 1.89. The average molecular weight is 286 g/mol. The highest BCUT2D eigenvalue weighted by Gasteiger charge is 2.15. The number of hydrogen-bond donors (Lipinski definition) is 0. The van der Waals surface area contributed by atoms with Gasteiger partial charge in [0.1, 0.15) is 10.8 Å². The van der Waals surface area contributed by atoms with Crippen molar-refractivity contribution in [1.82, 2.24) is 19.8 Å². The summed E-state index contributed by atoms with van der Waals surface area (Å²) in [6.45, 7) is 0. The van der Waals surface area contributed by atoms with E-state index in [1.54, 1.807) is 35.0 Å². The molecule has 0 saturated carbocycles. The van der Waals surface area contributed by atoms with Gasteiger partial charge in [0.2, 0.25) is 10.8 Å². The summed E-state index contributed by atoms with van der Waals surface area (Å²) in [5.74, 6) is 0.885. The van der Waals surface area contributed by atoms with E-state index in [4.69, 9.17) is 4.42 Å². The second-order valence-electron chi connectivity index (χ2n) is 4.11. The Hall–Kier alpha value is -2.54. The van der Waals surface area contributed by atoms with E-state index < -0.39 is 0 Å². The van der Waals surface area contributed by atoms with Gasteiger partial charge in [-0.05, 0) is 36.4 Å². The molecule has 0 unspecified atom stereocenters. The van der Waals surface area contributed by atoms with Crippen LogP contribution >= 0.6 is 11.3 Å². The van der Waals surface area contributed by atoms with E-state index in [0.717, 1.165) is 10.6 Å². The first-order valence-corrected chi connectivity index (χ1v) is 6.65. The lowest BCUT2D eigenvalue weighted by atomic mass is 10.2. The first-order valence-electron chi connectivity index (χ1n) is 5.83. The van der Waals surface area contributed by atoms with Gasteiger partial charge in [-0.3, -0.25) is 0 Å². The molecule has 0 radical (unpaired) electrons. The molecule has 5 nitrogen and oxygen atoms in total. The number of furan rings is 1. The van der Waals surface area contributed by atoms with Crippen LogP contribution in [0.4, 0.5) is 4.39 Å². The van der Waals surface area contributed by atoms with E-state index in [2.05, 4.69) is 15.3 Å². The lowest BCUT2D eigenvalue weighted by Gasteiger charge is -1.94. The molecule has 3 aromatic heterocycles. The molecule has 20 heavy (non-hydrogen) atoms. The largest absolute Gasteiger partial charge is 0.461 e. The van der Waals surface area contributed by atoms with Crippen molar-refractivity contribution >= 4 is 16.3 Å². The Kier molecular flexibility index (Phi) is 2.40. The maximum Gasteiger partial charge on any atom is 0.235 e. The summed E-state index contributed by atoms with van der Waals surface area (Å²) in [5, 5.41) is 13.3. The Morgan fingerprint density at radius 1 is 1.10 bits per heavy atom. The van der Waals surface area contributed by atoms with Gasteiger partial charge in [0.25, 0.3) is 0 Å². The third-order valence-corrected chi connectivity index (χ3v) is 3.77. The molecule has 3 heterocycles. The lowest BCUT2D eigenvalue weighted by molar-refractivity contribution is 0.575. The van der Waals surface area contributed by atoms with Crippen molar-refractivity contribution in [1.29, 1.82) is 0 Å². The monoisotopic (exact) mass is 286 g/mol. The van der Waals surface area contributed by atoms with Crippen molar-refractivity contribution in [3.8, 4) is 22.2 Å². The standard InChI is InChI=1S/C13H7FN4OS/c14-9-5-3-8(4-6-9)12-17-18-11(10-2-1-7-19-10)15-16-13(18)20-12/h1-7H. The van der Waals surface area contributed by atoms with Crippen LogP contribution in [0.1, 0.15) is 0 Å². The molecule has 0 aliphatic heterocycles. The molecule has 7 heteroatoms. The molecule has 0 fully saturated rings. The van der Waals surface area contributed by atoms with Crippen molar-refractivity contribution in [2.24, 2.45) is 0 Å². The van der Waals surface area contributed by atoms with Gasteiger partial charge in [-0.25, -0.2) is 4.39 Å². The van der Waals surface area contributed by atoms with Gasteiger partial charge >= 0.3 is 0 Å². The van der Waals surface area contributed by atoms with Gasteiger partial charge in [-0.1, -0.05) is 11.3 Å². The van der Waals surface area contributed by atoms with Crippen LogP contribution in [0.5, 0.6) is 0 Å². The number of benzene rings is 1. The smallest absolute Gasteiger partial charge is 0.235 e. The van der Waals surface area contributed by atoms with Crippen LogP contribution < -0.4 is 0 Å². The summed E-state index contributed by atoms with van der Waals surface area (Å²) >= 11 is 1.39. The average Bonchev–Trinajstić information content (AvgIpc) is 3.15. The maximum atomic E-state index is 12.9. The number of aromatic nitrogens is 4. The zero-order valence-corrected chi connectivity index (χ0v) is 10.8. The van der Waals surface area contributed by atoms with Crippen LogP contribution in [0, 0.1) is 5.82 Å². The van der Waals surface area contributed by atoms with E-state index in [-0.39, 0.29) is 5.82 Å². The van der Waals surface area contributed by atoms with Crippen LogP contribution in [-0.2, 0) is 0 Å². The van der Waals surface area contributed by atoms with E-state index in [9.17, 15) is 4.39 Å². The molecule has 0 spiro atoms. The molecule has 0 amide bonds. The summed E-state index contributed by atoms with van der Waals surface area (Å²) in [5.41, 5.74) is 0.840. The Morgan fingerprint density at radius 3 is 2.70 bits per heavy atom. The summed E-state index contributed by atoms with van der Waals surface area (Å²) in [6.07, 6.45) is 1.57. The fourth-order valence-corrected chi connectivity index (χ4v) is 2.73. The van der Waals surface area contributed by atoms with Crippen molar-refractivity contribution in [2.45, 2.75) is 0 Å². The zero-order valence-electron chi connectivity index (χ0n) is 10.0. The van der Waals surface area contributed by atoms with Crippen molar-refractivity contribution in [2.75, 3.05) is 0 Å². The van der Waals surface area contributed by atoms with E-state index in [1.807, 2.05) is 0 Å². The Bertz CT molecular complexity index is 864. The summed E-state index contributed by atoms with van der Waals surface area (Å²) < 4.78 is 19.9. The number of fused-ring (bicyclic) bond motifs is 1. The summed E-state index contributed by atoms with van der Waals surface area (Å²) in [6, 6.07) is 9.77. The maximum absolute atomic E-state index is 12.9. The van der Waals surface area contributed by atoms with Crippen LogP contribution in [0.3, 0.4) is 0 Å². The van der Waals surface area contributed by atoms with Crippen molar-refractivity contribution in [3.05, 3.63) is 48.5 Å². The third-order valence-electron chi connectivity index (χ3n) is 2.82. The van der Waals surface area contributed by atoms with Gasteiger partial charge in [-0.2, -0.15) is 9.61 Å². The molecule has 0 saturated heterocycles. The molecule has 1 aromatic carbocycles. The minimum Gasteiger partial charge on any atom is -0.461 e. The van der Waals surface area contributed by atoms with Gasteiger partial charge in [0.15, 0.2) is 5.76 Å². The van der Waals surface area contributed by atoms with Crippen LogP contribution in [0.2, 0.25) is 0 Å². The van der Waals surface area contributed by atoms with Crippen LogP contribution in [0.15, 0.2) is 47.1 Å². The molecular weight excluding hydrogens is 279 g/mol. The summed E-state index contributed by atoms with van der Waals surface area (Å²) in [4.78, 5) is 0.663. The third kappa shape index (κ3) is 1.71. The number of rotatable bonds is 2. The lowest BCUT2D eigenvalue weighted by Crippen LogP contribution is -1.89. The molecule has 0 aliphatic rings. The molecule has 0 atom stereocenters. The SMILES string of the molecule is Fc1ccc(-c2nn3c(-c4ccco4)nnc3s2)cc1. The van der Waals surface area contributed by atoms with Gasteiger partial charge in [0.05, 0.1) is 6.26 Å². The second-order valence-corrected chi connectivity index (χ2v) is 5.07. The van der Waals surface area contributed by atoms with E-state index in [1.165, 1.54) is 23.5 Å². The van der Waals surface area contributed by atoms with Gasteiger partial charge in [0, 0.05) is 5.56 Å². The van der Waals surface area contributed by atoms with E-state index >= 15 is 0 Å². The van der Waals surface area contributed by atoms with Crippen LogP contribution in [0.25, 0.3) is 27.1 Å². The minimum absolute atomic E-state index is 0.270. The molecule has 0 aliphatic carbocycles. The quantitative estimate of drug-likeness (QED) is 0.567. The highest BCUT2D eigenvalue weighted by atomic mass is 32.1. The van der Waals surface area contributed by atoms with E-state index in [0.29, 0.717) is 16.5 Å². The Morgan fingerprint density at radius 2 is 1.95 bits per heavy atom. The number of nitrogens with zero attached hydrogens (tertiary/aromatic N) is 4. The molecule has 4 rings (SSSR count). The summed E-state index contributed by atoms with van der Waals surface area (Å²) in [7, 11) is 0. The molecule has 0 N–H and O–H groups in total. The zero-order chi connectivity index (χ0) is 13.5. The fraction of sp³-hybridized carbons (Fsp3) is 0.